The highest BCUT2D eigenvalue weighted by molar-refractivity contribution is 7.99. The van der Waals surface area contributed by atoms with E-state index in [0.29, 0.717) is 11.6 Å². The molecule has 2 aromatic rings. The van der Waals surface area contributed by atoms with Gasteiger partial charge in [-0.2, -0.15) is 10.1 Å². The highest BCUT2D eigenvalue weighted by atomic mass is 32.2. The van der Waals surface area contributed by atoms with Gasteiger partial charge in [-0.25, -0.2) is 4.98 Å². The van der Waals surface area contributed by atoms with E-state index in [2.05, 4.69) is 34.0 Å². The lowest BCUT2D eigenvalue weighted by Crippen LogP contribution is -1.98. The van der Waals surface area contributed by atoms with Crippen molar-refractivity contribution in [3.8, 4) is 0 Å². The van der Waals surface area contributed by atoms with Crippen LogP contribution in [0.3, 0.4) is 0 Å². The van der Waals surface area contributed by atoms with E-state index in [1.807, 2.05) is 0 Å². The molecule has 15 heavy (non-hydrogen) atoms. The van der Waals surface area contributed by atoms with E-state index < -0.39 is 0 Å². The lowest BCUT2D eigenvalue weighted by Gasteiger charge is -2.04. The summed E-state index contributed by atoms with van der Waals surface area (Å²) in [6.45, 7) is 4.34. The van der Waals surface area contributed by atoms with Gasteiger partial charge in [0.25, 0.3) is 0 Å². The Hall–Kier alpha value is -1.30. The molecule has 80 valence electrons. The first kappa shape index (κ1) is 10.2. The van der Waals surface area contributed by atoms with Crippen molar-refractivity contribution in [3.05, 3.63) is 6.20 Å². The second-order valence-electron chi connectivity index (χ2n) is 3.72. The highest BCUT2D eigenvalue weighted by Gasteiger charge is 2.08. The van der Waals surface area contributed by atoms with Crippen molar-refractivity contribution in [1.82, 2.24) is 20.2 Å². The summed E-state index contributed by atoms with van der Waals surface area (Å²) < 4.78 is 0. The van der Waals surface area contributed by atoms with Gasteiger partial charge >= 0.3 is 0 Å². The summed E-state index contributed by atoms with van der Waals surface area (Å²) in [7, 11) is 0. The average molecular weight is 223 g/mol. The molecule has 0 atom stereocenters. The number of rotatable bonds is 3. The summed E-state index contributed by atoms with van der Waals surface area (Å²) in [6, 6.07) is 0. The number of fused-ring (bicyclic) bond motifs is 1. The normalized spacial score (nSPS) is 11.4. The number of aromatic amines is 1. The van der Waals surface area contributed by atoms with Gasteiger partial charge in [0.05, 0.1) is 11.6 Å². The number of H-pyrrole nitrogens is 1. The standard InChI is InChI=1S/C9H13N5S/c1-5(2)4-15-8-6-3-11-14-7(6)12-9(10)13-8/h3,5H,4H2,1-2H3,(H3,10,11,12,13,14). The molecule has 2 aromatic heterocycles. The Balaban J connectivity index is 2.35. The van der Waals surface area contributed by atoms with Gasteiger partial charge in [-0.1, -0.05) is 13.8 Å². The Morgan fingerprint density at radius 3 is 3.00 bits per heavy atom. The molecule has 0 aromatic carbocycles. The van der Waals surface area contributed by atoms with Gasteiger partial charge in [0, 0.05) is 5.75 Å². The van der Waals surface area contributed by atoms with E-state index in [0.717, 1.165) is 16.2 Å². The van der Waals surface area contributed by atoms with Crippen LogP contribution in [-0.2, 0) is 0 Å². The minimum absolute atomic E-state index is 0.290. The van der Waals surface area contributed by atoms with Crippen LogP contribution in [0.25, 0.3) is 11.0 Å². The molecule has 0 radical (unpaired) electrons. The molecule has 0 aliphatic carbocycles. The Morgan fingerprint density at radius 1 is 1.47 bits per heavy atom. The fourth-order valence-corrected chi connectivity index (χ4v) is 2.13. The molecule has 0 saturated carbocycles. The second kappa shape index (κ2) is 4.06. The monoisotopic (exact) mass is 223 g/mol. The number of anilines is 1. The molecule has 0 fully saturated rings. The van der Waals surface area contributed by atoms with Gasteiger partial charge in [-0.15, -0.1) is 11.8 Å². The Kier molecular flexibility index (Phi) is 2.77. The van der Waals surface area contributed by atoms with Gasteiger partial charge in [0.2, 0.25) is 5.95 Å². The van der Waals surface area contributed by atoms with Gasteiger partial charge in [-0.05, 0) is 5.92 Å². The quantitative estimate of drug-likeness (QED) is 0.611. The summed E-state index contributed by atoms with van der Waals surface area (Å²) >= 11 is 1.69. The first-order valence-corrected chi connectivity index (χ1v) is 5.74. The molecule has 2 rings (SSSR count). The van der Waals surface area contributed by atoms with Crippen molar-refractivity contribution in [3.63, 3.8) is 0 Å². The minimum Gasteiger partial charge on any atom is -0.368 e. The van der Waals surface area contributed by atoms with Crippen LogP contribution in [-0.4, -0.2) is 25.9 Å². The molecule has 0 amide bonds. The molecule has 5 nitrogen and oxygen atoms in total. The van der Waals surface area contributed by atoms with Crippen molar-refractivity contribution >= 4 is 28.7 Å². The Bertz CT molecular complexity index is 464. The number of nitrogens with zero attached hydrogens (tertiary/aromatic N) is 3. The van der Waals surface area contributed by atoms with Crippen LogP contribution in [0.2, 0.25) is 0 Å². The zero-order valence-electron chi connectivity index (χ0n) is 8.69. The van der Waals surface area contributed by atoms with Crippen molar-refractivity contribution in [2.45, 2.75) is 18.9 Å². The minimum atomic E-state index is 0.290. The summed E-state index contributed by atoms with van der Waals surface area (Å²) in [5.41, 5.74) is 6.31. The molecule has 0 spiro atoms. The van der Waals surface area contributed by atoms with Crippen LogP contribution < -0.4 is 5.73 Å². The summed E-state index contributed by atoms with van der Waals surface area (Å²) in [4.78, 5) is 8.27. The maximum absolute atomic E-state index is 5.61. The van der Waals surface area contributed by atoms with E-state index in [1.54, 1.807) is 18.0 Å². The maximum atomic E-state index is 5.61. The van der Waals surface area contributed by atoms with Crippen LogP contribution in [0.15, 0.2) is 11.2 Å². The van der Waals surface area contributed by atoms with E-state index in [1.165, 1.54) is 0 Å². The largest absolute Gasteiger partial charge is 0.368 e. The van der Waals surface area contributed by atoms with Crippen molar-refractivity contribution in [2.75, 3.05) is 11.5 Å². The molecule has 6 heteroatoms. The lowest BCUT2D eigenvalue weighted by atomic mass is 10.3. The molecular weight excluding hydrogens is 210 g/mol. The molecule has 0 aliphatic rings. The van der Waals surface area contributed by atoms with Crippen LogP contribution in [0.1, 0.15) is 13.8 Å². The SMILES string of the molecule is CC(C)CSc1nc(N)nc2[nH]ncc12. The third-order valence-electron chi connectivity index (χ3n) is 1.85. The Labute approximate surface area is 91.9 Å². The number of hydrogen-bond acceptors (Lipinski definition) is 5. The molecule has 3 N–H and O–H groups in total. The number of aromatic nitrogens is 4. The fourth-order valence-electron chi connectivity index (χ4n) is 1.18. The topological polar surface area (TPSA) is 80.5 Å². The van der Waals surface area contributed by atoms with Crippen LogP contribution in [0.5, 0.6) is 0 Å². The van der Waals surface area contributed by atoms with E-state index >= 15 is 0 Å². The number of hydrogen-bond donors (Lipinski definition) is 2. The number of nitrogen functional groups attached to an aromatic ring is 1. The molecule has 0 unspecified atom stereocenters. The first-order chi connectivity index (χ1) is 7.16. The van der Waals surface area contributed by atoms with Crippen molar-refractivity contribution in [1.29, 1.82) is 0 Å². The molecule has 0 bridgehead atoms. The third kappa shape index (κ3) is 2.20. The van der Waals surface area contributed by atoms with Gasteiger partial charge < -0.3 is 5.73 Å². The summed E-state index contributed by atoms with van der Waals surface area (Å²) in [5, 5.41) is 8.57. The third-order valence-corrected chi connectivity index (χ3v) is 3.26. The van der Waals surface area contributed by atoms with Crippen molar-refractivity contribution in [2.24, 2.45) is 5.92 Å². The molecule has 2 heterocycles. The van der Waals surface area contributed by atoms with E-state index in [9.17, 15) is 0 Å². The highest BCUT2D eigenvalue weighted by Crippen LogP contribution is 2.25. The zero-order chi connectivity index (χ0) is 10.8. The molecular formula is C9H13N5S. The van der Waals surface area contributed by atoms with Crippen LogP contribution in [0, 0.1) is 5.92 Å². The van der Waals surface area contributed by atoms with Gasteiger partial charge in [-0.3, -0.25) is 5.10 Å². The van der Waals surface area contributed by atoms with Gasteiger partial charge in [0.15, 0.2) is 5.65 Å². The van der Waals surface area contributed by atoms with E-state index in [4.69, 9.17) is 5.73 Å². The first-order valence-electron chi connectivity index (χ1n) is 4.76. The second-order valence-corrected chi connectivity index (χ2v) is 4.73. The molecule has 0 saturated heterocycles. The van der Waals surface area contributed by atoms with Crippen LogP contribution in [0.4, 0.5) is 5.95 Å². The van der Waals surface area contributed by atoms with Crippen molar-refractivity contribution < 1.29 is 0 Å². The number of nitrogens with two attached hydrogens (primary N) is 1. The molecule has 0 aliphatic heterocycles. The van der Waals surface area contributed by atoms with Gasteiger partial charge in [0.1, 0.15) is 5.03 Å². The maximum Gasteiger partial charge on any atom is 0.223 e. The summed E-state index contributed by atoms with van der Waals surface area (Å²) in [5.74, 6) is 1.92. The fraction of sp³-hybridized carbons (Fsp3) is 0.444. The average Bonchev–Trinajstić information content (AvgIpc) is 2.61. The lowest BCUT2D eigenvalue weighted by molar-refractivity contribution is 0.749. The van der Waals surface area contributed by atoms with Crippen LogP contribution >= 0.6 is 11.8 Å². The number of nitrogens with one attached hydrogen (secondary N) is 1. The zero-order valence-corrected chi connectivity index (χ0v) is 9.51. The summed E-state index contributed by atoms with van der Waals surface area (Å²) in [6.07, 6.45) is 1.73. The number of thioether (sulfide) groups is 1. The Morgan fingerprint density at radius 2 is 2.27 bits per heavy atom. The predicted octanol–water partition coefficient (Wildman–Crippen LogP) is 1.68. The van der Waals surface area contributed by atoms with E-state index in [-0.39, 0.29) is 5.95 Å². The predicted molar refractivity (Wildman–Crippen MR) is 61.7 cm³/mol. The smallest absolute Gasteiger partial charge is 0.223 e.